The highest BCUT2D eigenvalue weighted by atomic mass is 16.6. The van der Waals surface area contributed by atoms with Crippen LogP contribution in [0.5, 0.6) is 0 Å². The maximum atomic E-state index is 12.4. The first-order valence-electron chi connectivity index (χ1n) is 8.32. The Kier molecular flexibility index (Phi) is 6.93. The number of hydrogen-bond acceptors (Lipinski definition) is 8. The van der Waals surface area contributed by atoms with Crippen molar-refractivity contribution in [3.8, 4) is 0 Å². The molecule has 0 saturated heterocycles. The van der Waals surface area contributed by atoms with E-state index in [0.29, 0.717) is 0 Å². The number of hydrogen-bond donors (Lipinski definition) is 2. The van der Waals surface area contributed by atoms with Gasteiger partial charge in [-0.3, -0.25) is 29.8 Å². The molecule has 11 nitrogen and oxygen atoms in total. The van der Waals surface area contributed by atoms with E-state index in [2.05, 4.69) is 5.32 Å². The van der Waals surface area contributed by atoms with E-state index in [1.807, 2.05) is 0 Å². The first-order chi connectivity index (χ1) is 13.8. The molecular weight excluding hydrogens is 386 g/mol. The van der Waals surface area contributed by atoms with E-state index in [4.69, 9.17) is 9.84 Å². The number of nitro groups is 2. The van der Waals surface area contributed by atoms with Crippen molar-refractivity contribution >= 4 is 23.3 Å². The average Bonchev–Trinajstić information content (AvgIpc) is 2.70. The SMILES string of the molecule is CN[C@H](CC(=O)OC(c1ccccc1[N+](=O)[O-])c1ccccc1[N+](=O)[O-])C(=O)O. The highest BCUT2D eigenvalue weighted by Crippen LogP contribution is 2.37. The Balaban J connectivity index is 2.54. The van der Waals surface area contributed by atoms with E-state index >= 15 is 0 Å². The molecule has 0 aliphatic heterocycles. The summed E-state index contributed by atoms with van der Waals surface area (Å²) in [5, 5.41) is 34.3. The molecule has 0 aliphatic carbocycles. The molecule has 2 aromatic rings. The van der Waals surface area contributed by atoms with Crippen molar-refractivity contribution in [2.45, 2.75) is 18.6 Å². The standard InChI is InChI=1S/C18H17N3O8/c1-19-13(18(23)24)10-16(22)29-17(11-6-2-4-8-14(11)20(25)26)12-7-3-5-9-15(12)21(27)28/h2-9,13,17,19H,10H2,1H3,(H,23,24)/t13-/m1/s1. The molecule has 0 bridgehead atoms. The molecule has 0 heterocycles. The number of nitrogens with zero attached hydrogens (tertiary/aromatic N) is 2. The summed E-state index contributed by atoms with van der Waals surface area (Å²) < 4.78 is 5.34. The van der Waals surface area contributed by atoms with Crippen molar-refractivity contribution < 1.29 is 29.3 Å². The third kappa shape index (κ3) is 5.11. The summed E-state index contributed by atoms with van der Waals surface area (Å²) in [6.07, 6.45) is -2.05. The van der Waals surface area contributed by atoms with Crippen molar-refractivity contribution in [1.29, 1.82) is 0 Å². The topological polar surface area (TPSA) is 162 Å². The maximum Gasteiger partial charge on any atom is 0.321 e. The number of esters is 1. The zero-order chi connectivity index (χ0) is 21.6. The number of benzene rings is 2. The van der Waals surface area contributed by atoms with Gasteiger partial charge in [0.15, 0.2) is 6.10 Å². The van der Waals surface area contributed by atoms with Crippen molar-refractivity contribution in [2.24, 2.45) is 0 Å². The van der Waals surface area contributed by atoms with Gasteiger partial charge in [0.2, 0.25) is 0 Å². The van der Waals surface area contributed by atoms with Gasteiger partial charge in [0, 0.05) is 12.1 Å². The Morgan fingerprint density at radius 1 is 1.00 bits per heavy atom. The first kappa shape index (κ1) is 21.4. The van der Waals surface area contributed by atoms with Crippen LogP contribution in [-0.2, 0) is 14.3 Å². The van der Waals surface area contributed by atoms with E-state index < -0.39 is 51.7 Å². The third-order valence-electron chi connectivity index (χ3n) is 4.10. The van der Waals surface area contributed by atoms with Gasteiger partial charge in [-0.15, -0.1) is 0 Å². The van der Waals surface area contributed by atoms with Crippen LogP contribution < -0.4 is 5.32 Å². The highest BCUT2D eigenvalue weighted by molar-refractivity contribution is 5.81. The second-order valence-corrected chi connectivity index (χ2v) is 5.89. The van der Waals surface area contributed by atoms with E-state index in [-0.39, 0.29) is 11.1 Å². The molecule has 0 aromatic heterocycles. The molecule has 2 rings (SSSR count). The van der Waals surface area contributed by atoms with Gasteiger partial charge in [-0.1, -0.05) is 24.3 Å². The smallest absolute Gasteiger partial charge is 0.321 e. The minimum Gasteiger partial charge on any atom is -0.480 e. The molecule has 0 spiro atoms. The lowest BCUT2D eigenvalue weighted by Crippen LogP contribution is -2.36. The van der Waals surface area contributed by atoms with Crippen LogP contribution in [0.4, 0.5) is 11.4 Å². The van der Waals surface area contributed by atoms with Crippen molar-refractivity contribution in [1.82, 2.24) is 5.32 Å². The van der Waals surface area contributed by atoms with E-state index in [1.54, 1.807) is 0 Å². The number of ether oxygens (including phenoxy) is 1. The number of likely N-dealkylation sites (N-methyl/N-ethyl adjacent to an activating group) is 1. The Bertz CT molecular complexity index is 889. The quantitative estimate of drug-likeness (QED) is 0.363. The Morgan fingerprint density at radius 3 is 1.83 bits per heavy atom. The van der Waals surface area contributed by atoms with Crippen LogP contribution in [0.1, 0.15) is 23.7 Å². The van der Waals surface area contributed by atoms with Crippen LogP contribution in [0.15, 0.2) is 48.5 Å². The molecule has 1 atom stereocenters. The van der Waals surface area contributed by atoms with E-state index in [1.165, 1.54) is 55.6 Å². The zero-order valence-corrected chi connectivity index (χ0v) is 15.2. The van der Waals surface area contributed by atoms with Crippen LogP contribution in [0.25, 0.3) is 0 Å². The number of aliphatic carboxylic acids is 1. The van der Waals surface area contributed by atoms with Gasteiger partial charge in [-0.05, 0) is 19.2 Å². The minimum atomic E-state index is -1.47. The number of para-hydroxylation sites is 2. The van der Waals surface area contributed by atoms with E-state index in [0.717, 1.165) is 0 Å². The molecular formula is C18H17N3O8. The summed E-state index contributed by atoms with van der Waals surface area (Å²) in [6, 6.07) is 9.48. The Labute approximate surface area is 164 Å². The normalized spacial score (nSPS) is 11.7. The fourth-order valence-corrected chi connectivity index (χ4v) is 2.70. The molecule has 2 aromatic carbocycles. The summed E-state index contributed by atoms with van der Waals surface area (Å²) in [4.78, 5) is 44.9. The van der Waals surface area contributed by atoms with Gasteiger partial charge in [0.05, 0.1) is 27.4 Å². The minimum absolute atomic E-state index is 0.0727. The largest absolute Gasteiger partial charge is 0.480 e. The van der Waals surface area contributed by atoms with Crippen LogP contribution in [-0.4, -0.2) is 40.0 Å². The van der Waals surface area contributed by atoms with Gasteiger partial charge >= 0.3 is 11.9 Å². The molecule has 0 saturated carbocycles. The van der Waals surface area contributed by atoms with Crippen LogP contribution >= 0.6 is 0 Å². The van der Waals surface area contributed by atoms with Gasteiger partial charge in [0.1, 0.15) is 6.04 Å². The number of rotatable bonds is 9. The molecule has 0 fully saturated rings. The molecule has 152 valence electrons. The molecule has 2 N–H and O–H groups in total. The number of nitro benzene ring substituents is 2. The lowest BCUT2D eigenvalue weighted by molar-refractivity contribution is -0.387. The van der Waals surface area contributed by atoms with Crippen molar-refractivity contribution in [3.05, 3.63) is 79.9 Å². The number of carboxylic acid groups (broad SMARTS) is 1. The summed E-state index contributed by atoms with van der Waals surface area (Å²) in [5.41, 5.74) is -0.938. The zero-order valence-electron chi connectivity index (χ0n) is 15.2. The second kappa shape index (κ2) is 9.37. The molecule has 0 amide bonds. The van der Waals surface area contributed by atoms with Crippen LogP contribution in [0.2, 0.25) is 0 Å². The van der Waals surface area contributed by atoms with Crippen LogP contribution in [0.3, 0.4) is 0 Å². The fraction of sp³-hybridized carbons (Fsp3) is 0.222. The molecule has 0 aliphatic rings. The van der Waals surface area contributed by atoms with E-state index in [9.17, 15) is 29.8 Å². The number of carbonyl (C=O) groups excluding carboxylic acids is 1. The predicted molar refractivity (Wildman–Crippen MR) is 99.2 cm³/mol. The average molecular weight is 403 g/mol. The fourth-order valence-electron chi connectivity index (χ4n) is 2.70. The summed E-state index contributed by atoms with van der Waals surface area (Å²) >= 11 is 0. The second-order valence-electron chi connectivity index (χ2n) is 5.89. The lowest BCUT2D eigenvalue weighted by atomic mass is 9.98. The lowest BCUT2D eigenvalue weighted by Gasteiger charge is -2.20. The monoisotopic (exact) mass is 403 g/mol. The highest BCUT2D eigenvalue weighted by Gasteiger charge is 2.32. The van der Waals surface area contributed by atoms with Crippen LogP contribution in [0, 0.1) is 20.2 Å². The molecule has 29 heavy (non-hydrogen) atoms. The van der Waals surface area contributed by atoms with Gasteiger partial charge in [-0.25, -0.2) is 0 Å². The molecule has 0 radical (unpaired) electrons. The number of carboxylic acids is 1. The number of nitrogens with one attached hydrogen (secondary N) is 1. The number of carbonyl (C=O) groups is 2. The first-order valence-corrected chi connectivity index (χ1v) is 8.32. The Hall–Kier alpha value is -3.86. The summed E-state index contributed by atoms with van der Waals surface area (Å²) in [6.45, 7) is 0. The Morgan fingerprint density at radius 2 is 1.45 bits per heavy atom. The molecule has 0 unspecified atom stereocenters. The maximum absolute atomic E-state index is 12.4. The predicted octanol–water partition coefficient (Wildman–Crippen LogP) is 2.20. The van der Waals surface area contributed by atoms with Gasteiger partial charge in [-0.2, -0.15) is 0 Å². The summed E-state index contributed by atoms with van der Waals surface area (Å²) in [5.74, 6) is -2.29. The summed E-state index contributed by atoms with van der Waals surface area (Å²) in [7, 11) is 1.34. The van der Waals surface area contributed by atoms with Crippen molar-refractivity contribution in [3.63, 3.8) is 0 Å². The van der Waals surface area contributed by atoms with Gasteiger partial charge < -0.3 is 15.2 Å². The third-order valence-corrected chi connectivity index (χ3v) is 4.10. The van der Waals surface area contributed by atoms with Crippen molar-refractivity contribution in [2.75, 3.05) is 7.05 Å². The molecule has 11 heteroatoms. The van der Waals surface area contributed by atoms with Gasteiger partial charge in [0.25, 0.3) is 11.4 Å².